The van der Waals surface area contributed by atoms with Crippen molar-refractivity contribution in [1.82, 2.24) is 20.0 Å². The van der Waals surface area contributed by atoms with Crippen LogP contribution in [0.15, 0.2) is 161 Å². The fraction of sp³-hybridized carbons (Fsp3) is 0.159. The fourth-order valence-corrected chi connectivity index (χ4v) is 7.18. The molecule has 0 bridgehead atoms. The molecule has 7 rings (SSSR count). The number of ether oxygens (including phenoxy) is 1. The summed E-state index contributed by atoms with van der Waals surface area (Å²) in [5.41, 5.74) is 1.18. The number of aryl methyl sites for hydroxylation is 2. The Balaban J connectivity index is 0.916. The largest absolute Gasteiger partial charge is 0.487 e. The molecule has 0 N–H and O–H groups in total. The van der Waals surface area contributed by atoms with Gasteiger partial charge in [-0.2, -0.15) is 13.2 Å². The highest BCUT2D eigenvalue weighted by Crippen LogP contribution is 2.40. The van der Waals surface area contributed by atoms with E-state index in [1.54, 1.807) is 12.2 Å². The Hall–Kier alpha value is -6.07. The zero-order chi connectivity index (χ0) is 38.1. The van der Waals surface area contributed by atoms with E-state index in [0.29, 0.717) is 22.9 Å². The first-order chi connectivity index (χ1) is 26.8. The molecule has 55 heavy (non-hydrogen) atoms. The molecular weight excluding hydrogens is 722 g/mol. The average Bonchev–Trinajstić information content (AvgIpc) is 3.90. The van der Waals surface area contributed by atoms with Gasteiger partial charge in [-0.25, -0.2) is 13.9 Å². The van der Waals surface area contributed by atoms with E-state index in [1.807, 2.05) is 35.0 Å². The number of oxazole rings is 1. The van der Waals surface area contributed by atoms with Crippen molar-refractivity contribution in [3.8, 4) is 5.75 Å². The van der Waals surface area contributed by atoms with Crippen LogP contribution in [0.1, 0.15) is 57.9 Å². The maximum absolute atomic E-state index is 12.7. The van der Waals surface area contributed by atoms with Crippen molar-refractivity contribution in [2.24, 2.45) is 0 Å². The molecule has 0 amide bonds. The number of hydrogen-bond acceptors (Lipinski definition) is 6. The highest BCUT2D eigenvalue weighted by atomic mass is 32.2. The van der Waals surface area contributed by atoms with Gasteiger partial charge in [0.2, 0.25) is 5.89 Å². The van der Waals surface area contributed by atoms with Gasteiger partial charge in [-0.05, 0) is 83.8 Å². The number of alkyl halides is 3. The van der Waals surface area contributed by atoms with Gasteiger partial charge in [-0.1, -0.05) is 120 Å². The maximum atomic E-state index is 12.7. The van der Waals surface area contributed by atoms with Gasteiger partial charge in [0.15, 0.2) is 10.8 Å². The SMILES string of the molecule is O=S(c1ccc(C=Cc2nc(COc3ccc(CCCCc4cn(C(c5ccccc5)(c5ccccc5)c5ccccc5)nn4)cc3)co2)cc1)C(F)(F)F. The number of halogens is 3. The van der Waals surface area contributed by atoms with Crippen LogP contribution >= 0.6 is 0 Å². The van der Waals surface area contributed by atoms with Crippen LogP contribution in [0.3, 0.4) is 0 Å². The normalized spacial score (nSPS) is 12.6. The highest BCUT2D eigenvalue weighted by molar-refractivity contribution is 7.86. The van der Waals surface area contributed by atoms with E-state index >= 15 is 0 Å². The number of aromatic nitrogens is 4. The standard InChI is InChI=1S/C44H37F3N4O3S/c45-44(46,47)55(52)41-27-22-34(23-28-41)24-29-42-48-39(32-54-42)31-53-40-25-20-33(21-26-40)12-10-11-19-38-30-51(50-49-38)43(35-13-4-1-5-14-35,36-15-6-2-7-16-36)37-17-8-3-9-18-37/h1-9,13-18,20-30,32H,10-12,19,31H2. The molecule has 2 aromatic heterocycles. The summed E-state index contributed by atoms with van der Waals surface area (Å²) in [6, 6.07) is 44.6. The van der Waals surface area contributed by atoms with Crippen LogP contribution in [0, 0.1) is 0 Å². The van der Waals surface area contributed by atoms with Crippen LogP contribution in [0.4, 0.5) is 13.2 Å². The molecule has 1 unspecified atom stereocenters. The molecule has 7 aromatic rings. The minimum absolute atomic E-state index is 0.204. The first kappa shape index (κ1) is 37.3. The molecule has 1 atom stereocenters. The third-order valence-corrected chi connectivity index (χ3v) is 10.3. The molecule has 0 saturated heterocycles. The van der Waals surface area contributed by atoms with Crippen molar-refractivity contribution >= 4 is 23.0 Å². The number of unbranched alkanes of at least 4 members (excludes halogenated alkanes) is 1. The fourth-order valence-electron chi connectivity index (χ4n) is 6.53. The quantitative estimate of drug-likeness (QED) is 0.0765. The number of nitrogens with zero attached hydrogens (tertiary/aromatic N) is 4. The van der Waals surface area contributed by atoms with Gasteiger partial charge >= 0.3 is 5.51 Å². The van der Waals surface area contributed by atoms with Gasteiger partial charge in [0.25, 0.3) is 0 Å². The minimum atomic E-state index is -4.80. The first-order valence-corrected chi connectivity index (χ1v) is 19.0. The molecule has 11 heteroatoms. The summed E-state index contributed by atoms with van der Waals surface area (Å²) in [4.78, 5) is 4.08. The Kier molecular flexibility index (Phi) is 11.5. The molecule has 0 fully saturated rings. The predicted octanol–water partition coefficient (Wildman–Crippen LogP) is 10.0. The molecule has 0 spiro atoms. The van der Waals surface area contributed by atoms with Crippen molar-refractivity contribution in [2.45, 2.75) is 48.2 Å². The van der Waals surface area contributed by atoms with Crippen LogP contribution < -0.4 is 4.74 Å². The van der Waals surface area contributed by atoms with E-state index in [4.69, 9.17) is 14.4 Å². The molecule has 5 aromatic carbocycles. The first-order valence-electron chi connectivity index (χ1n) is 17.8. The summed E-state index contributed by atoms with van der Waals surface area (Å²) in [6.07, 6.45) is 10.5. The molecule has 0 aliphatic heterocycles. The Labute approximate surface area is 319 Å². The summed E-state index contributed by atoms with van der Waals surface area (Å²) in [7, 11) is -3.06. The van der Waals surface area contributed by atoms with Crippen molar-refractivity contribution in [3.63, 3.8) is 0 Å². The van der Waals surface area contributed by atoms with Crippen LogP contribution in [0.25, 0.3) is 12.2 Å². The van der Waals surface area contributed by atoms with Gasteiger partial charge in [-0.15, -0.1) is 5.10 Å². The zero-order valence-electron chi connectivity index (χ0n) is 29.7. The van der Waals surface area contributed by atoms with Crippen LogP contribution in [0.2, 0.25) is 0 Å². The summed E-state index contributed by atoms with van der Waals surface area (Å²) >= 11 is 0. The topological polar surface area (TPSA) is 83.0 Å². The van der Waals surface area contributed by atoms with Gasteiger partial charge < -0.3 is 9.15 Å². The number of hydrogen-bond donors (Lipinski definition) is 0. The average molecular weight is 759 g/mol. The Morgan fingerprint density at radius 3 is 1.85 bits per heavy atom. The highest BCUT2D eigenvalue weighted by Gasteiger charge is 2.40. The predicted molar refractivity (Wildman–Crippen MR) is 206 cm³/mol. The molecule has 2 heterocycles. The van der Waals surface area contributed by atoms with Gasteiger partial charge in [0.05, 0.1) is 11.9 Å². The van der Waals surface area contributed by atoms with E-state index in [-0.39, 0.29) is 11.5 Å². The second kappa shape index (κ2) is 16.9. The van der Waals surface area contributed by atoms with Crippen LogP contribution in [-0.2, 0) is 35.8 Å². The summed E-state index contributed by atoms with van der Waals surface area (Å²) < 4.78 is 63.0. The van der Waals surface area contributed by atoms with Crippen LogP contribution in [-0.4, -0.2) is 29.7 Å². The van der Waals surface area contributed by atoms with E-state index in [9.17, 15) is 17.4 Å². The van der Waals surface area contributed by atoms with Crippen LogP contribution in [0.5, 0.6) is 5.75 Å². The molecule has 0 saturated carbocycles. The lowest BCUT2D eigenvalue weighted by molar-refractivity contribution is -0.0384. The van der Waals surface area contributed by atoms with Crippen molar-refractivity contribution in [1.29, 1.82) is 0 Å². The van der Waals surface area contributed by atoms with Gasteiger partial charge in [0.1, 0.15) is 29.9 Å². The van der Waals surface area contributed by atoms with Crippen molar-refractivity contribution in [2.75, 3.05) is 0 Å². The van der Waals surface area contributed by atoms with E-state index in [2.05, 4.69) is 101 Å². The lowest BCUT2D eigenvalue weighted by atomic mass is 9.77. The third-order valence-electron chi connectivity index (χ3n) is 9.21. The Morgan fingerprint density at radius 1 is 0.691 bits per heavy atom. The maximum Gasteiger partial charge on any atom is 0.475 e. The molecule has 7 nitrogen and oxygen atoms in total. The summed E-state index contributed by atoms with van der Waals surface area (Å²) in [6.45, 7) is 0.204. The zero-order valence-corrected chi connectivity index (χ0v) is 30.5. The third kappa shape index (κ3) is 8.84. The second-order valence-electron chi connectivity index (χ2n) is 12.9. The van der Waals surface area contributed by atoms with Crippen molar-refractivity contribution in [3.05, 3.63) is 197 Å². The van der Waals surface area contributed by atoms with Gasteiger partial charge in [-0.3, -0.25) is 0 Å². The molecule has 0 aliphatic rings. The summed E-state index contributed by atoms with van der Waals surface area (Å²) in [5, 5.41) is 9.38. The lowest BCUT2D eigenvalue weighted by Crippen LogP contribution is -2.38. The smallest absolute Gasteiger partial charge is 0.475 e. The molecule has 278 valence electrons. The van der Waals surface area contributed by atoms with E-state index < -0.39 is 21.8 Å². The minimum Gasteiger partial charge on any atom is -0.487 e. The second-order valence-corrected chi connectivity index (χ2v) is 14.4. The summed E-state index contributed by atoms with van der Waals surface area (Å²) in [5.74, 6) is 1.03. The Morgan fingerprint density at radius 2 is 1.27 bits per heavy atom. The number of benzene rings is 5. The molecule has 0 radical (unpaired) electrons. The van der Waals surface area contributed by atoms with Crippen molar-refractivity contribution < 1.29 is 26.5 Å². The Bertz CT molecular complexity index is 2230. The van der Waals surface area contributed by atoms with E-state index in [1.165, 1.54) is 36.1 Å². The number of rotatable bonds is 15. The lowest BCUT2D eigenvalue weighted by Gasteiger charge is -2.35. The van der Waals surface area contributed by atoms with E-state index in [0.717, 1.165) is 48.1 Å². The monoisotopic (exact) mass is 758 g/mol. The molecular formula is C44H37F3N4O3S. The molecule has 0 aliphatic carbocycles. The van der Waals surface area contributed by atoms with Gasteiger partial charge in [0, 0.05) is 11.0 Å².